The quantitative estimate of drug-likeness (QED) is 0.732. The molecule has 2 rings (SSSR count). The Morgan fingerprint density at radius 1 is 1.23 bits per heavy atom. The molecule has 124 valence electrons. The third-order valence-electron chi connectivity index (χ3n) is 4.09. The van der Waals surface area contributed by atoms with Crippen LogP contribution in [0.5, 0.6) is 5.75 Å². The monoisotopic (exact) mass is 389 g/mol. The molecule has 0 amide bonds. The zero-order valence-electron chi connectivity index (χ0n) is 13.2. The van der Waals surface area contributed by atoms with Gasteiger partial charge in [0.15, 0.2) is 0 Å². The van der Waals surface area contributed by atoms with Gasteiger partial charge in [-0.05, 0) is 38.0 Å². The zero-order valence-corrected chi connectivity index (χ0v) is 15.6. The maximum atomic E-state index is 13.1. The molecular weight excluding hydrogens is 366 g/mol. The van der Waals surface area contributed by atoms with Gasteiger partial charge in [0.1, 0.15) is 10.6 Å². The van der Waals surface area contributed by atoms with Crippen LogP contribution in [0.2, 0.25) is 0 Å². The minimum Gasteiger partial charge on any atom is -0.492 e. The number of sulfonamides is 1. The Morgan fingerprint density at radius 2 is 1.91 bits per heavy atom. The molecule has 0 spiro atoms. The first-order valence-electron chi connectivity index (χ1n) is 7.94. The van der Waals surface area contributed by atoms with Crippen LogP contribution in [0.4, 0.5) is 0 Å². The van der Waals surface area contributed by atoms with Crippen LogP contribution in [0.1, 0.15) is 46.0 Å². The van der Waals surface area contributed by atoms with E-state index in [4.69, 9.17) is 4.74 Å². The van der Waals surface area contributed by atoms with Crippen molar-refractivity contribution < 1.29 is 13.2 Å². The van der Waals surface area contributed by atoms with Crippen LogP contribution in [-0.4, -0.2) is 31.9 Å². The number of halogens is 1. The van der Waals surface area contributed by atoms with Gasteiger partial charge in [-0.3, -0.25) is 0 Å². The lowest BCUT2D eigenvalue weighted by Crippen LogP contribution is -2.41. The van der Waals surface area contributed by atoms with E-state index >= 15 is 0 Å². The highest BCUT2D eigenvalue weighted by Gasteiger charge is 2.33. The van der Waals surface area contributed by atoms with Crippen LogP contribution in [0.25, 0.3) is 0 Å². The lowest BCUT2D eigenvalue weighted by atomic mass is 9.95. The summed E-state index contributed by atoms with van der Waals surface area (Å²) >= 11 is 3.37. The molecule has 0 aromatic heterocycles. The molecule has 0 saturated heterocycles. The average Bonchev–Trinajstić information content (AvgIpc) is 2.51. The molecule has 1 aromatic rings. The minimum atomic E-state index is -3.55. The summed E-state index contributed by atoms with van der Waals surface area (Å²) < 4.78 is 34.2. The second kappa shape index (κ2) is 7.79. The average molecular weight is 390 g/mol. The molecule has 1 aromatic carbocycles. The first kappa shape index (κ1) is 17.8. The van der Waals surface area contributed by atoms with E-state index in [2.05, 4.69) is 15.9 Å². The number of hydrogen-bond acceptors (Lipinski definition) is 3. The molecule has 0 atom stereocenters. The Balaban J connectivity index is 2.40. The van der Waals surface area contributed by atoms with Crippen LogP contribution < -0.4 is 4.74 Å². The van der Waals surface area contributed by atoms with E-state index < -0.39 is 10.0 Å². The van der Waals surface area contributed by atoms with Crippen molar-refractivity contribution in [1.82, 2.24) is 4.31 Å². The van der Waals surface area contributed by atoms with Gasteiger partial charge < -0.3 is 4.74 Å². The molecule has 1 aliphatic carbocycles. The van der Waals surface area contributed by atoms with Crippen LogP contribution >= 0.6 is 15.9 Å². The van der Waals surface area contributed by atoms with Crippen molar-refractivity contribution in [2.45, 2.75) is 56.9 Å². The Labute approximate surface area is 142 Å². The molecule has 0 heterocycles. The Kier molecular flexibility index (Phi) is 6.29. The van der Waals surface area contributed by atoms with Gasteiger partial charge in [-0.15, -0.1) is 0 Å². The Hall–Kier alpha value is -0.590. The lowest BCUT2D eigenvalue weighted by molar-refractivity contribution is 0.259. The van der Waals surface area contributed by atoms with Crippen molar-refractivity contribution in [3.63, 3.8) is 0 Å². The maximum absolute atomic E-state index is 13.1. The first-order chi connectivity index (χ1) is 10.5. The van der Waals surface area contributed by atoms with Gasteiger partial charge in [-0.25, -0.2) is 8.42 Å². The van der Waals surface area contributed by atoms with Gasteiger partial charge in [-0.2, -0.15) is 4.31 Å². The molecule has 1 fully saturated rings. The molecule has 1 saturated carbocycles. The third-order valence-corrected chi connectivity index (χ3v) is 6.63. The lowest BCUT2D eigenvalue weighted by Gasteiger charge is -2.33. The number of rotatable bonds is 6. The maximum Gasteiger partial charge on any atom is 0.247 e. The van der Waals surface area contributed by atoms with E-state index in [0.717, 1.165) is 30.2 Å². The van der Waals surface area contributed by atoms with Crippen LogP contribution in [0, 0.1) is 0 Å². The molecule has 4 nitrogen and oxygen atoms in total. The number of ether oxygens (including phenoxy) is 1. The highest BCUT2D eigenvalue weighted by atomic mass is 79.9. The minimum absolute atomic E-state index is 0.109. The van der Waals surface area contributed by atoms with E-state index in [0.29, 0.717) is 18.9 Å². The molecular formula is C16H24BrNO3S. The fourth-order valence-corrected chi connectivity index (χ4v) is 5.44. The van der Waals surface area contributed by atoms with Crippen molar-refractivity contribution in [1.29, 1.82) is 0 Å². The summed E-state index contributed by atoms with van der Waals surface area (Å²) in [5, 5.41) is 0. The predicted octanol–water partition coefficient (Wildman–Crippen LogP) is 4.19. The van der Waals surface area contributed by atoms with Crippen molar-refractivity contribution in [2.75, 3.05) is 13.2 Å². The van der Waals surface area contributed by atoms with Gasteiger partial charge in [0.2, 0.25) is 10.0 Å². The second-order valence-corrected chi connectivity index (χ2v) is 8.30. The summed E-state index contributed by atoms with van der Waals surface area (Å²) in [4.78, 5) is 0.260. The van der Waals surface area contributed by atoms with Crippen molar-refractivity contribution in [3.8, 4) is 5.75 Å². The summed E-state index contributed by atoms with van der Waals surface area (Å²) in [5.74, 6) is 0.431. The second-order valence-electron chi connectivity index (χ2n) is 5.52. The van der Waals surface area contributed by atoms with Crippen LogP contribution in [0.15, 0.2) is 27.6 Å². The van der Waals surface area contributed by atoms with Gasteiger partial charge in [0, 0.05) is 17.1 Å². The van der Waals surface area contributed by atoms with E-state index in [1.54, 1.807) is 22.5 Å². The zero-order chi connectivity index (χ0) is 16.2. The normalized spacial score (nSPS) is 16.9. The summed E-state index contributed by atoms with van der Waals surface area (Å²) in [6.45, 7) is 4.70. The third kappa shape index (κ3) is 3.84. The van der Waals surface area contributed by atoms with Crippen molar-refractivity contribution in [2.24, 2.45) is 0 Å². The van der Waals surface area contributed by atoms with Gasteiger partial charge in [0.05, 0.1) is 6.61 Å². The van der Waals surface area contributed by atoms with Crippen LogP contribution in [0.3, 0.4) is 0 Å². The molecule has 1 aliphatic rings. The molecule has 0 aliphatic heterocycles. The van der Waals surface area contributed by atoms with E-state index in [-0.39, 0.29) is 10.9 Å². The Morgan fingerprint density at radius 3 is 2.50 bits per heavy atom. The molecule has 6 heteroatoms. The van der Waals surface area contributed by atoms with E-state index in [1.165, 1.54) is 6.42 Å². The number of nitrogens with zero attached hydrogens (tertiary/aromatic N) is 1. The van der Waals surface area contributed by atoms with Gasteiger partial charge in [-0.1, -0.05) is 42.1 Å². The standard InChI is InChI=1S/C16H24BrNO3S/c1-3-18(14-8-6-5-7-9-14)22(19,20)16-12-13(17)10-11-15(16)21-4-2/h10-12,14H,3-9H2,1-2H3. The Bertz CT molecular complexity index is 597. The predicted molar refractivity (Wildman–Crippen MR) is 91.7 cm³/mol. The summed E-state index contributed by atoms with van der Waals surface area (Å²) in [7, 11) is -3.55. The molecule has 0 N–H and O–H groups in total. The molecule has 0 unspecified atom stereocenters. The number of benzene rings is 1. The van der Waals surface area contributed by atoms with Crippen LogP contribution in [-0.2, 0) is 10.0 Å². The first-order valence-corrected chi connectivity index (χ1v) is 10.2. The topological polar surface area (TPSA) is 46.6 Å². The highest BCUT2D eigenvalue weighted by molar-refractivity contribution is 9.10. The number of hydrogen-bond donors (Lipinski definition) is 0. The van der Waals surface area contributed by atoms with Gasteiger partial charge >= 0.3 is 0 Å². The highest BCUT2D eigenvalue weighted by Crippen LogP contribution is 2.33. The van der Waals surface area contributed by atoms with E-state index in [9.17, 15) is 8.42 Å². The van der Waals surface area contributed by atoms with E-state index in [1.807, 2.05) is 13.8 Å². The summed E-state index contributed by atoms with van der Waals surface area (Å²) in [6, 6.07) is 5.28. The van der Waals surface area contributed by atoms with Gasteiger partial charge in [0.25, 0.3) is 0 Å². The smallest absolute Gasteiger partial charge is 0.247 e. The largest absolute Gasteiger partial charge is 0.492 e. The summed E-state index contributed by atoms with van der Waals surface area (Å²) in [6.07, 6.45) is 5.31. The fourth-order valence-electron chi connectivity index (χ4n) is 3.08. The SMILES string of the molecule is CCOc1ccc(Br)cc1S(=O)(=O)N(CC)C1CCCCC1. The molecule has 0 bridgehead atoms. The summed E-state index contributed by atoms with van der Waals surface area (Å²) in [5.41, 5.74) is 0. The van der Waals surface area contributed by atoms with Crippen molar-refractivity contribution >= 4 is 26.0 Å². The van der Waals surface area contributed by atoms with Crippen molar-refractivity contribution in [3.05, 3.63) is 22.7 Å². The molecule has 0 radical (unpaired) electrons. The fraction of sp³-hybridized carbons (Fsp3) is 0.625. The molecule has 22 heavy (non-hydrogen) atoms.